The monoisotopic (exact) mass is 179 g/mol. The van der Waals surface area contributed by atoms with Gasteiger partial charge in [0.15, 0.2) is 0 Å². The van der Waals surface area contributed by atoms with E-state index in [-0.39, 0.29) is 0 Å². The van der Waals surface area contributed by atoms with Crippen LogP contribution in [-0.4, -0.2) is 22.5 Å². The van der Waals surface area contributed by atoms with Crippen LogP contribution in [0.4, 0.5) is 13.2 Å². The van der Waals surface area contributed by atoms with Crippen LogP contribution in [0.15, 0.2) is 0 Å². The van der Waals surface area contributed by atoms with E-state index in [1.54, 1.807) is 0 Å². The molecule has 0 rings (SSSR count). The van der Waals surface area contributed by atoms with Crippen molar-refractivity contribution in [2.45, 2.75) is 12.5 Å². The van der Waals surface area contributed by atoms with Gasteiger partial charge in [-0.25, -0.2) is 0 Å². The van der Waals surface area contributed by atoms with Crippen LogP contribution >= 0.6 is 8.25 Å². The molecule has 2 atom stereocenters. The van der Waals surface area contributed by atoms with Gasteiger partial charge in [-0.1, -0.05) is 4.52 Å². The van der Waals surface area contributed by atoms with E-state index in [2.05, 4.69) is 4.52 Å². The molecular formula is C2H3F3O4P+. The summed E-state index contributed by atoms with van der Waals surface area (Å²) in [5, 5.41) is 7.87. The van der Waals surface area contributed by atoms with E-state index >= 15 is 0 Å². The van der Waals surface area contributed by atoms with Gasteiger partial charge in [0.05, 0.1) is 0 Å². The first kappa shape index (κ1) is 9.77. The highest BCUT2D eigenvalue weighted by Gasteiger charge is 2.45. The summed E-state index contributed by atoms with van der Waals surface area (Å²) in [7, 11) is -3.42. The fourth-order valence-electron chi connectivity index (χ4n) is 0.145. The maximum atomic E-state index is 11.2. The van der Waals surface area contributed by atoms with E-state index in [1.807, 2.05) is 0 Å². The average Bonchev–Trinajstić information content (AvgIpc) is 1.60. The lowest BCUT2D eigenvalue weighted by Crippen LogP contribution is -2.29. The second-order valence-electron chi connectivity index (χ2n) is 1.24. The van der Waals surface area contributed by atoms with Gasteiger partial charge in [0, 0.05) is 4.57 Å². The van der Waals surface area contributed by atoms with Gasteiger partial charge >= 0.3 is 20.7 Å². The van der Waals surface area contributed by atoms with Gasteiger partial charge in [-0.15, -0.1) is 4.89 Å². The fraction of sp³-hybridized carbons (Fsp3) is 1.00. The Hall–Kier alpha value is -0.230. The Bertz CT molecular complexity index is 133. The lowest BCUT2D eigenvalue weighted by Gasteiger charge is -2.05. The number of hydrogen-bond donors (Lipinski definition) is 2. The Kier molecular flexibility index (Phi) is 3.17. The lowest BCUT2D eigenvalue weighted by molar-refractivity contribution is -0.265. The Morgan fingerprint density at radius 1 is 1.50 bits per heavy atom. The predicted octanol–water partition coefficient (Wildman–Crippen LogP) is 0.533. The first-order valence-electron chi connectivity index (χ1n) is 1.91. The quantitative estimate of drug-likeness (QED) is 0.479. The highest BCUT2D eigenvalue weighted by molar-refractivity contribution is 7.32. The van der Waals surface area contributed by atoms with Crippen LogP contribution in [0.1, 0.15) is 0 Å². The average molecular weight is 179 g/mol. The molecule has 10 heavy (non-hydrogen) atoms. The molecule has 0 spiro atoms. The molecule has 0 aliphatic carbocycles. The molecule has 4 nitrogen and oxygen atoms in total. The molecule has 0 saturated heterocycles. The first-order valence-corrected chi connectivity index (χ1v) is 3.04. The highest BCUT2D eigenvalue weighted by Crippen LogP contribution is 2.27. The van der Waals surface area contributed by atoms with Crippen molar-refractivity contribution in [2.24, 2.45) is 0 Å². The van der Waals surface area contributed by atoms with E-state index in [0.717, 1.165) is 0 Å². The zero-order chi connectivity index (χ0) is 8.36. The molecule has 60 valence electrons. The summed E-state index contributed by atoms with van der Waals surface area (Å²) in [6.07, 6.45) is -8.21. The summed E-state index contributed by atoms with van der Waals surface area (Å²) in [6, 6.07) is 0. The van der Waals surface area contributed by atoms with Crippen molar-refractivity contribution >= 4 is 8.25 Å². The number of aliphatic hydroxyl groups is 1. The SMILES string of the molecule is O=[P+](O)OC(O)C(F)(F)F. The van der Waals surface area contributed by atoms with Crippen molar-refractivity contribution in [3.63, 3.8) is 0 Å². The van der Waals surface area contributed by atoms with Gasteiger partial charge in [-0.05, 0) is 0 Å². The molecular weight excluding hydrogens is 176 g/mol. The topological polar surface area (TPSA) is 66.8 Å². The Morgan fingerprint density at radius 2 is 1.90 bits per heavy atom. The van der Waals surface area contributed by atoms with Crippen LogP contribution in [0.5, 0.6) is 0 Å². The smallest absolute Gasteiger partial charge is 0.357 e. The Morgan fingerprint density at radius 3 is 2.00 bits per heavy atom. The maximum absolute atomic E-state index is 11.2. The van der Waals surface area contributed by atoms with Crippen LogP contribution in [0.25, 0.3) is 0 Å². The summed E-state index contributed by atoms with van der Waals surface area (Å²) < 4.78 is 46.2. The van der Waals surface area contributed by atoms with Gasteiger partial charge in [-0.3, -0.25) is 0 Å². The Balaban J connectivity index is 3.85. The molecule has 0 bridgehead atoms. The van der Waals surface area contributed by atoms with Gasteiger partial charge in [-0.2, -0.15) is 13.2 Å². The molecule has 0 fully saturated rings. The van der Waals surface area contributed by atoms with Crippen molar-refractivity contribution in [3.8, 4) is 0 Å². The van der Waals surface area contributed by atoms with E-state index < -0.39 is 20.7 Å². The van der Waals surface area contributed by atoms with Crippen molar-refractivity contribution in [1.29, 1.82) is 0 Å². The van der Waals surface area contributed by atoms with Crippen LogP contribution in [0.3, 0.4) is 0 Å². The summed E-state index contributed by atoms with van der Waals surface area (Å²) in [4.78, 5) is 7.71. The first-order chi connectivity index (χ1) is 4.34. The second-order valence-corrected chi connectivity index (χ2v) is 1.92. The minimum atomic E-state index is -5.02. The van der Waals surface area contributed by atoms with Crippen molar-refractivity contribution < 1.29 is 32.3 Å². The van der Waals surface area contributed by atoms with Gasteiger partial charge in [0.2, 0.25) is 0 Å². The summed E-state index contributed by atoms with van der Waals surface area (Å²) >= 11 is 0. The van der Waals surface area contributed by atoms with Crippen LogP contribution in [-0.2, 0) is 9.09 Å². The number of aliphatic hydroxyl groups excluding tert-OH is 1. The summed E-state index contributed by atoms with van der Waals surface area (Å²) in [6.45, 7) is 0. The molecule has 0 aromatic rings. The largest absolute Gasteiger partial charge is 0.697 e. The zero-order valence-corrected chi connectivity index (χ0v) is 5.26. The lowest BCUT2D eigenvalue weighted by atomic mass is 10.6. The molecule has 0 saturated carbocycles. The molecule has 0 aliphatic rings. The number of alkyl halides is 3. The van der Waals surface area contributed by atoms with Crippen LogP contribution in [0, 0.1) is 0 Å². The fourth-order valence-corrected chi connectivity index (χ4v) is 0.436. The summed E-state index contributed by atoms with van der Waals surface area (Å²) in [5.74, 6) is 0. The minimum absolute atomic E-state index is 3.11. The van der Waals surface area contributed by atoms with Crippen molar-refractivity contribution in [3.05, 3.63) is 0 Å². The molecule has 8 heteroatoms. The molecule has 0 amide bonds. The standard InChI is InChI=1S/C2H2F3O4P/c3-2(4,5)1(6)9-10(7)8/h1,6H/p+1. The molecule has 0 aliphatic heterocycles. The Labute approximate surface area is 54.2 Å². The number of halogens is 3. The normalized spacial score (nSPS) is 16.7. The van der Waals surface area contributed by atoms with Gasteiger partial charge in [0.25, 0.3) is 0 Å². The van der Waals surface area contributed by atoms with Gasteiger partial charge < -0.3 is 5.11 Å². The third kappa shape index (κ3) is 3.73. The molecule has 0 heterocycles. The van der Waals surface area contributed by atoms with Crippen LogP contribution in [0.2, 0.25) is 0 Å². The molecule has 0 radical (unpaired) electrons. The zero-order valence-electron chi connectivity index (χ0n) is 4.37. The molecule has 2 unspecified atom stereocenters. The van der Waals surface area contributed by atoms with E-state index in [0.29, 0.717) is 0 Å². The molecule has 2 N–H and O–H groups in total. The highest BCUT2D eigenvalue weighted by atomic mass is 31.1. The third-order valence-electron chi connectivity index (χ3n) is 0.470. The number of rotatable bonds is 2. The van der Waals surface area contributed by atoms with Crippen LogP contribution < -0.4 is 0 Å². The van der Waals surface area contributed by atoms with E-state index in [4.69, 9.17) is 10.00 Å². The second kappa shape index (κ2) is 3.25. The maximum Gasteiger partial charge on any atom is 0.697 e. The summed E-state index contributed by atoms with van der Waals surface area (Å²) in [5.41, 5.74) is 0. The predicted molar refractivity (Wildman–Crippen MR) is 23.0 cm³/mol. The molecule has 0 aromatic heterocycles. The minimum Gasteiger partial charge on any atom is -0.357 e. The van der Waals surface area contributed by atoms with Crippen molar-refractivity contribution in [2.75, 3.05) is 0 Å². The van der Waals surface area contributed by atoms with Crippen molar-refractivity contribution in [1.82, 2.24) is 0 Å². The third-order valence-corrected chi connectivity index (χ3v) is 0.850. The van der Waals surface area contributed by atoms with Gasteiger partial charge in [0.1, 0.15) is 0 Å². The van der Waals surface area contributed by atoms with E-state index in [1.165, 1.54) is 0 Å². The van der Waals surface area contributed by atoms with E-state index in [9.17, 15) is 17.7 Å². The number of hydrogen-bond acceptors (Lipinski definition) is 3. The molecule has 0 aromatic carbocycles.